The number of carbonyl (C=O) groups excluding carboxylic acids is 1. The van der Waals surface area contributed by atoms with E-state index >= 15 is 0 Å². The minimum Gasteiger partial charge on any atom is -0.508 e. The van der Waals surface area contributed by atoms with Crippen LogP contribution in [0.2, 0.25) is 0 Å². The average Bonchev–Trinajstić information content (AvgIpc) is 2.22. The summed E-state index contributed by atoms with van der Waals surface area (Å²) < 4.78 is 1.07. The average molecular weight is 335 g/mol. The van der Waals surface area contributed by atoms with E-state index in [9.17, 15) is 15.0 Å². The Labute approximate surface area is 108 Å². The van der Waals surface area contributed by atoms with E-state index in [1.54, 1.807) is 0 Å². The van der Waals surface area contributed by atoms with Gasteiger partial charge in [0.2, 0.25) is 0 Å². The van der Waals surface area contributed by atoms with Gasteiger partial charge in [0, 0.05) is 18.2 Å². The van der Waals surface area contributed by atoms with Gasteiger partial charge in [-0.05, 0) is 29.4 Å². The van der Waals surface area contributed by atoms with Gasteiger partial charge in [-0.2, -0.15) is 0 Å². The molecule has 88 valence electrons. The molecule has 0 aliphatic carbocycles. The van der Waals surface area contributed by atoms with Crippen molar-refractivity contribution in [2.45, 2.75) is 12.8 Å². The van der Waals surface area contributed by atoms with E-state index in [2.05, 4.69) is 27.9 Å². The molecule has 3 N–H and O–H groups in total. The second-order valence-corrected chi connectivity index (χ2v) is 4.47. The number of benzene rings is 1. The van der Waals surface area contributed by atoms with Gasteiger partial charge in [-0.1, -0.05) is 22.6 Å². The Hall–Kier alpha value is -0.980. The van der Waals surface area contributed by atoms with Crippen LogP contribution in [0, 0.1) is 0 Å². The van der Waals surface area contributed by atoms with Crippen LogP contribution in [0.25, 0.3) is 0 Å². The zero-order chi connectivity index (χ0) is 12.0. The summed E-state index contributed by atoms with van der Waals surface area (Å²) >= 11 is 2.29. The van der Waals surface area contributed by atoms with E-state index in [1.807, 2.05) is 0 Å². The molecule has 0 bridgehead atoms. The molecule has 0 saturated carbocycles. The highest BCUT2D eigenvalue weighted by Gasteiger charge is 2.07. The van der Waals surface area contributed by atoms with Crippen molar-refractivity contribution in [3.63, 3.8) is 0 Å². The van der Waals surface area contributed by atoms with Crippen molar-refractivity contribution in [3.05, 3.63) is 23.8 Å². The molecule has 0 heterocycles. The quantitative estimate of drug-likeness (QED) is 0.438. The first kappa shape index (κ1) is 13.1. The predicted molar refractivity (Wildman–Crippen MR) is 70.2 cm³/mol. The van der Waals surface area contributed by atoms with Gasteiger partial charge in [-0.3, -0.25) is 4.79 Å². The van der Waals surface area contributed by atoms with Crippen LogP contribution >= 0.6 is 22.6 Å². The first-order chi connectivity index (χ1) is 7.63. The van der Waals surface area contributed by atoms with Crippen molar-refractivity contribution in [1.29, 1.82) is 0 Å². The van der Waals surface area contributed by atoms with Crippen molar-refractivity contribution < 1.29 is 15.0 Å². The summed E-state index contributed by atoms with van der Waals surface area (Å²) in [6.45, 7) is 0.609. The van der Waals surface area contributed by atoms with Crippen molar-refractivity contribution >= 4 is 28.5 Å². The molecule has 1 aromatic rings. The number of hydrogen-bond donors (Lipinski definition) is 3. The molecule has 1 aromatic carbocycles. The molecule has 16 heavy (non-hydrogen) atoms. The number of amides is 1. The van der Waals surface area contributed by atoms with Gasteiger partial charge in [0.15, 0.2) is 0 Å². The molecule has 4 nitrogen and oxygen atoms in total. The molecule has 1 rings (SSSR count). The molecular weight excluding hydrogens is 321 g/mol. The highest BCUT2D eigenvalue weighted by atomic mass is 127. The maximum absolute atomic E-state index is 11.6. The van der Waals surface area contributed by atoms with E-state index in [0.717, 1.165) is 17.3 Å². The first-order valence-electron chi connectivity index (χ1n) is 5.00. The van der Waals surface area contributed by atoms with Crippen molar-refractivity contribution in [1.82, 2.24) is 5.32 Å². The smallest absolute Gasteiger partial charge is 0.251 e. The number of nitrogens with one attached hydrogen (secondary N) is 1. The lowest BCUT2D eigenvalue weighted by atomic mass is 10.2. The molecule has 0 aromatic heterocycles. The standard InChI is InChI=1S/C11H14INO3/c12-3-1-2-4-13-11(16)8-5-9(14)7-10(15)6-8/h5-7,14-15H,1-4H2,(H,13,16). The number of phenolic OH excluding ortho intramolecular Hbond substituents is 2. The fraction of sp³-hybridized carbons (Fsp3) is 0.364. The zero-order valence-electron chi connectivity index (χ0n) is 8.74. The molecule has 0 aliphatic heterocycles. The third-order valence-corrected chi connectivity index (χ3v) is 2.77. The van der Waals surface area contributed by atoms with Gasteiger partial charge < -0.3 is 15.5 Å². The number of alkyl halides is 1. The summed E-state index contributed by atoms with van der Waals surface area (Å²) in [5.74, 6) is -0.505. The number of halogens is 1. The van der Waals surface area contributed by atoms with Crippen molar-refractivity contribution in [2.24, 2.45) is 0 Å². The van der Waals surface area contributed by atoms with E-state index < -0.39 is 0 Å². The Morgan fingerprint density at radius 2 is 1.81 bits per heavy atom. The molecule has 0 fully saturated rings. The normalized spacial score (nSPS) is 10.1. The molecule has 0 spiro atoms. The Morgan fingerprint density at radius 1 is 1.19 bits per heavy atom. The summed E-state index contributed by atoms with van der Waals surface area (Å²) in [7, 11) is 0. The van der Waals surface area contributed by atoms with Gasteiger partial charge in [0.25, 0.3) is 5.91 Å². The lowest BCUT2D eigenvalue weighted by Crippen LogP contribution is -2.24. The lowest BCUT2D eigenvalue weighted by Gasteiger charge is -2.05. The monoisotopic (exact) mass is 335 g/mol. The highest BCUT2D eigenvalue weighted by Crippen LogP contribution is 2.20. The van der Waals surface area contributed by atoms with Crippen LogP contribution in [0.4, 0.5) is 0 Å². The summed E-state index contributed by atoms with van der Waals surface area (Å²) in [5.41, 5.74) is 0.270. The Kier molecular flexibility index (Phi) is 5.37. The van der Waals surface area contributed by atoms with Gasteiger partial charge in [-0.15, -0.1) is 0 Å². The number of phenols is 2. The molecule has 5 heteroatoms. The molecular formula is C11H14INO3. The zero-order valence-corrected chi connectivity index (χ0v) is 10.9. The van der Waals surface area contributed by atoms with E-state index in [-0.39, 0.29) is 23.0 Å². The Morgan fingerprint density at radius 3 is 2.38 bits per heavy atom. The highest BCUT2D eigenvalue weighted by molar-refractivity contribution is 14.1. The van der Waals surface area contributed by atoms with Crippen molar-refractivity contribution in [3.8, 4) is 11.5 Å². The van der Waals surface area contributed by atoms with Crippen LogP contribution in [-0.4, -0.2) is 27.1 Å². The second kappa shape index (κ2) is 6.57. The maximum atomic E-state index is 11.6. The van der Waals surface area contributed by atoms with E-state index in [1.165, 1.54) is 18.2 Å². The fourth-order valence-electron chi connectivity index (χ4n) is 1.25. The van der Waals surface area contributed by atoms with Crippen LogP contribution in [-0.2, 0) is 0 Å². The summed E-state index contributed by atoms with van der Waals surface area (Å²) in [4.78, 5) is 11.6. The van der Waals surface area contributed by atoms with Crippen LogP contribution in [0.1, 0.15) is 23.2 Å². The SMILES string of the molecule is O=C(NCCCCI)c1cc(O)cc(O)c1. The Bertz CT molecular complexity index is 348. The number of hydrogen-bond acceptors (Lipinski definition) is 3. The van der Waals surface area contributed by atoms with Crippen LogP contribution in [0.3, 0.4) is 0 Å². The number of unbranched alkanes of at least 4 members (excludes halogenated alkanes) is 1. The minimum absolute atomic E-state index is 0.114. The molecule has 0 atom stereocenters. The summed E-state index contributed by atoms with van der Waals surface area (Å²) in [5, 5.41) is 21.1. The summed E-state index contributed by atoms with van der Waals surface area (Å²) in [6.07, 6.45) is 1.99. The molecule has 0 aliphatic rings. The van der Waals surface area contributed by atoms with Crippen LogP contribution < -0.4 is 5.32 Å². The molecule has 1 amide bonds. The van der Waals surface area contributed by atoms with Gasteiger partial charge in [-0.25, -0.2) is 0 Å². The second-order valence-electron chi connectivity index (χ2n) is 3.39. The lowest BCUT2D eigenvalue weighted by molar-refractivity contribution is 0.0952. The number of rotatable bonds is 5. The van der Waals surface area contributed by atoms with E-state index in [4.69, 9.17) is 0 Å². The third-order valence-electron chi connectivity index (χ3n) is 2.01. The largest absolute Gasteiger partial charge is 0.508 e. The maximum Gasteiger partial charge on any atom is 0.251 e. The van der Waals surface area contributed by atoms with Gasteiger partial charge in [0.1, 0.15) is 11.5 Å². The minimum atomic E-state index is -0.278. The molecule has 0 saturated heterocycles. The van der Waals surface area contributed by atoms with Gasteiger partial charge in [0.05, 0.1) is 0 Å². The van der Waals surface area contributed by atoms with E-state index in [0.29, 0.717) is 6.54 Å². The number of aromatic hydroxyl groups is 2. The molecule has 0 radical (unpaired) electrons. The number of carbonyl (C=O) groups is 1. The van der Waals surface area contributed by atoms with Gasteiger partial charge >= 0.3 is 0 Å². The first-order valence-corrected chi connectivity index (χ1v) is 6.53. The topological polar surface area (TPSA) is 69.6 Å². The predicted octanol–water partition coefficient (Wildman–Crippen LogP) is 2.04. The third kappa shape index (κ3) is 4.26. The van der Waals surface area contributed by atoms with Crippen molar-refractivity contribution in [2.75, 3.05) is 11.0 Å². The van der Waals surface area contributed by atoms with Crippen LogP contribution in [0.15, 0.2) is 18.2 Å². The Balaban J connectivity index is 2.52. The fourth-order valence-corrected chi connectivity index (χ4v) is 1.79. The summed E-state index contributed by atoms with van der Waals surface area (Å²) in [6, 6.07) is 3.84. The molecule has 0 unspecified atom stereocenters. The van der Waals surface area contributed by atoms with Crippen LogP contribution in [0.5, 0.6) is 11.5 Å².